The molecule has 6 heteroatoms. The van der Waals surface area contributed by atoms with Crippen molar-refractivity contribution < 1.29 is 8.78 Å². The van der Waals surface area contributed by atoms with Gasteiger partial charge in [-0.2, -0.15) is 5.26 Å². The zero-order valence-electron chi connectivity index (χ0n) is 6.77. The van der Waals surface area contributed by atoms with Crippen LogP contribution in [0.2, 0.25) is 5.15 Å². The molecule has 14 heavy (non-hydrogen) atoms. The first-order valence-electron chi connectivity index (χ1n) is 3.53. The number of pyridine rings is 1. The molecule has 0 unspecified atom stereocenters. The first kappa shape index (κ1) is 11.3. The van der Waals surface area contributed by atoms with Crippen LogP contribution < -0.4 is 0 Å². The first-order chi connectivity index (χ1) is 6.61. The van der Waals surface area contributed by atoms with Crippen LogP contribution in [0.4, 0.5) is 8.78 Å². The van der Waals surface area contributed by atoms with Crippen molar-refractivity contribution in [2.45, 2.75) is 11.8 Å². The highest BCUT2D eigenvalue weighted by Crippen LogP contribution is 2.30. The zero-order valence-corrected chi connectivity index (χ0v) is 9.11. The molecule has 0 spiro atoms. The van der Waals surface area contributed by atoms with Crippen molar-refractivity contribution >= 4 is 27.5 Å². The van der Waals surface area contributed by atoms with Crippen LogP contribution in [0.1, 0.15) is 23.1 Å². The molecule has 0 saturated carbocycles. The highest BCUT2D eigenvalue weighted by Gasteiger charge is 2.20. The van der Waals surface area contributed by atoms with E-state index in [1.54, 1.807) is 6.07 Å². The van der Waals surface area contributed by atoms with E-state index < -0.39 is 12.0 Å². The third-order valence-electron chi connectivity index (χ3n) is 1.62. The molecule has 2 nitrogen and oxygen atoms in total. The number of hydrogen-bond donors (Lipinski definition) is 0. The Balaban J connectivity index is 3.45. The fraction of sp³-hybridized carbons (Fsp3) is 0.250. The van der Waals surface area contributed by atoms with Gasteiger partial charge in [-0.25, -0.2) is 13.8 Å². The molecular formula is C8H4BrClF2N2. The zero-order chi connectivity index (χ0) is 10.7. The molecule has 0 aliphatic heterocycles. The Bertz CT molecular complexity index is 390. The summed E-state index contributed by atoms with van der Waals surface area (Å²) in [6.45, 7) is 0. The van der Waals surface area contributed by atoms with Crippen molar-refractivity contribution in [2.75, 3.05) is 0 Å². The van der Waals surface area contributed by atoms with Crippen LogP contribution in [-0.4, -0.2) is 4.98 Å². The third-order valence-corrected chi connectivity index (χ3v) is 2.53. The van der Waals surface area contributed by atoms with Crippen LogP contribution in [-0.2, 0) is 5.33 Å². The molecular weight excluding hydrogens is 277 g/mol. The van der Waals surface area contributed by atoms with Crippen LogP contribution in [0.5, 0.6) is 0 Å². The molecule has 1 aromatic heterocycles. The average Bonchev–Trinajstić information content (AvgIpc) is 2.16. The Morgan fingerprint density at radius 3 is 2.71 bits per heavy atom. The molecule has 0 amide bonds. The van der Waals surface area contributed by atoms with Gasteiger partial charge in [-0.15, -0.1) is 0 Å². The molecule has 0 radical (unpaired) electrons. The van der Waals surface area contributed by atoms with Crippen molar-refractivity contribution in [3.63, 3.8) is 0 Å². The van der Waals surface area contributed by atoms with Gasteiger partial charge in [0.15, 0.2) is 0 Å². The fourth-order valence-corrected chi connectivity index (χ4v) is 1.63. The van der Waals surface area contributed by atoms with Gasteiger partial charge in [0.05, 0.1) is 11.1 Å². The summed E-state index contributed by atoms with van der Waals surface area (Å²) in [5.74, 6) is 0. The minimum Gasteiger partial charge on any atom is -0.244 e. The van der Waals surface area contributed by atoms with E-state index in [2.05, 4.69) is 20.9 Å². The predicted molar refractivity (Wildman–Crippen MR) is 51.6 cm³/mol. The quantitative estimate of drug-likeness (QED) is 0.615. The summed E-state index contributed by atoms with van der Waals surface area (Å²) >= 11 is 8.55. The lowest BCUT2D eigenvalue weighted by atomic mass is 10.1. The molecule has 0 N–H and O–H groups in total. The molecule has 1 heterocycles. The lowest BCUT2D eigenvalue weighted by molar-refractivity contribution is 0.150. The highest BCUT2D eigenvalue weighted by molar-refractivity contribution is 9.08. The van der Waals surface area contributed by atoms with Crippen LogP contribution in [0, 0.1) is 11.3 Å². The minimum atomic E-state index is -2.79. The molecule has 0 aliphatic rings. The number of halogens is 4. The molecule has 74 valence electrons. The summed E-state index contributed by atoms with van der Waals surface area (Å²) in [7, 11) is 0. The second-order valence-electron chi connectivity index (χ2n) is 2.41. The van der Waals surface area contributed by atoms with E-state index in [1.807, 2.05) is 0 Å². The number of nitrogens with zero attached hydrogens (tertiary/aromatic N) is 2. The molecule has 1 aromatic rings. The largest absolute Gasteiger partial charge is 0.268 e. The third kappa shape index (κ3) is 2.02. The molecule has 0 aliphatic carbocycles. The van der Waals surface area contributed by atoms with Crippen LogP contribution >= 0.6 is 27.5 Å². The van der Waals surface area contributed by atoms with E-state index in [4.69, 9.17) is 16.9 Å². The molecule has 0 bridgehead atoms. The number of nitriles is 1. The normalized spacial score (nSPS) is 10.3. The van der Waals surface area contributed by atoms with E-state index in [1.165, 1.54) is 6.20 Å². The maximum atomic E-state index is 12.5. The Hall–Kier alpha value is -0.730. The van der Waals surface area contributed by atoms with E-state index in [-0.39, 0.29) is 10.7 Å². The summed E-state index contributed by atoms with van der Waals surface area (Å²) < 4.78 is 25.0. The van der Waals surface area contributed by atoms with E-state index in [0.29, 0.717) is 10.9 Å². The lowest BCUT2D eigenvalue weighted by Gasteiger charge is -2.07. The number of aromatic nitrogens is 1. The molecule has 0 aromatic carbocycles. The van der Waals surface area contributed by atoms with Gasteiger partial charge in [-0.1, -0.05) is 27.5 Å². The lowest BCUT2D eigenvalue weighted by Crippen LogP contribution is -1.99. The Kier molecular flexibility index (Phi) is 3.78. The van der Waals surface area contributed by atoms with Crippen molar-refractivity contribution in [1.82, 2.24) is 4.98 Å². The average molecular weight is 281 g/mol. The summed E-state index contributed by atoms with van der Waals surface area (Å²) in [5, 5.41) is 8.69. The van der Waals surface area contributed by atoms with Gasteiger partial charge < -0.3 is 0 Å². The van der Waals surface area contributed by atoms with Gasteiger partial charge >= 0.3 is 0 Å². The van der Waals surface area contributed by atoms with Gasteiger partial charge in [0.1, 0.15) is 11.2 Å². The number of hydrogen-bond acceptors (Lipinski definition) is 2. The Morgan fingerprint density at radius 1 is 1.64 bits per heavy atom. The standard InChI is InChI=1S/C8H4BrClF2N2/c9-1-4-3-14-7(10)6(8(11)12)5(4)2-13/h3,8H,1H2. The van der Waals surface area contributed by atoms with Gasteiger partial charge in [-0.05, 0) is 5.56 Å². The van der Waals surface area contributed by atoms with E-state index in [0.717, 1.165) is 0 Å². The summed E-state index contributed by atoms with van der Waals surface area (Å²) in [4.78, 5) is 3.58. The first-order valence-corrected chi connectivity index (χ1v) is 5.03. The SMILES string of the molecule is N#Cc1c(CBr)cnc(Cl)c1C(F)F. The smallest absolute Gasteiger partial charge is 0.244 e. The number of alkyl halides is 3. The molecule has 0 saturated heterocycles. The second-order valence-corrected chi connectivity index (χ2v) is 3.33. The monoisotopic (exact) mass is 280 g/mol. The van der Waals surface area contributed by atoms with Gasteiger partial charge in [0.25, 0.3) is 6.43 Å². The summed E-state index contributed by atoms with van der Waals surface area (Å²) in [6, 6.07) is 1.70. The summed E-state index contributed by atoms with van der Waals surface area (Å²) in [5.41, 5.74) is -0.185. The maximum absolute atomic E-state index is 12.5. The fourth-order valence-electron chi connectivity index (χ4n) is 0.977. The molecule has 1 rings (SSSR count). The van der Waals surface area contributed by atoms with Crippen molar-refractivity contribution in [2.24, 2.45) is 0 Å². The van der Waals surface area contributed by atoms with Gasteiger partial charge in [0, 0.05) is 11.5 Å². The maximum Gasteiger partial charge on any atom is 0.268 e. The van der Waals surface area contributed by atoms with Gasteiger partial charge in [0.2, 0.25) is 0 Å². The van der Waals surface area contributed by atoms with E-state index in [9.17, 15) is 8.78 Å². The van der Waals surface area contributed by atoms with E-state index >= 15 is 0 Å². The van der Waals surface area contributed by atoms with Crippen molar-refractivity contribution in [1.29, 1.82) is 5.26 Å². The summed E-state index contributed by atoms with van der Waals surface area (Å²) in [6.07, 6.45) is -1.48. The minimum absolute atomic E-state index is 0.100. The molecule has 0 atom stereocenters. The second kappa shape index (κ2) is 4.67. The highest BCUT2D eigenvalue weighted by atomic mass is 79.9. The molecule has 0 fully saturated rings. The predicted octanol–water partition coefficient (Wildman–Crippen LogP) is 3.44. The Morgan fingerprint density at radius 2 is 2.29 bits per heavy atom. The van der Waals surface area contributed by atoms with Gasteiger partial charge in [-0.3, -0.25) is 0 Å². The topological polar surface area (TPSA) is 36.7 Å². The van der Waals surface area contributed by atoms with Crippen LogP contribution in [0.3, 0.4) is 0 Å². The van der Waals surface area contributed by atoms with Crippen LogP contribution in [0.15, 0.2) is 6.20 Å². The van der Waals surface area contributed by atoms with Crippen LogP contribution in [0.25, 0.3) is 0 Å². The number of rotatable bonds is 2. The van der Waals surface area contributed by atoms with Crippen molar-refractivity contribution in [3.05, 3.63) is 28.0 Å². The Labute approximate surface area is 92.6 Å². The van der Waals surface area contributed by atoms with Crippen molar-refractivity contribution in [3.8, 4) is 6.07 Å².